The highest BCUT2D eigenvalue weighted by molar-refractivity contribution is 8.00. The quantitative estimate of drug-likeness (QED) is 0.246. The molecule has 7 nitrogen and oxygen atoms in total. The van der Waals surface area contributed by atoms with Crippen molar-refractivity contribution in [2.24, 2.45) is 0 Å². The Morgan fingerprint density at radius 2 is 1.69 bits per heavy atom. The van der Waals surface area contributed by atoms with Crippen LogP contribution in [0.2, 0.25) is 0 Å². The molecule has 0 radical (unpaired) electrons. The number of carbonyl (C=O) groups is 2. The fraction of sp³-hybridized carbons (Fsp3) is 0.407. The number of methoxy groups -OCH3 is 1. The second-order valence-corrected chi connectivity index (χ2v) is 10.3. The van der Waals surface area contributed by atoms with Gasteiger partial charge in [0.1, 0.15) is 0 Å². The third-order valence-corrected chi connectivity index (χ3v) is 6.88. The molecule has 35 heavy (non-hydrogen) atoms. The molecule has 0 aliphatic rings. The molecule has 2 aromatic carbocycles. The highest BCUT2D eigenvalue weighted by Gasteiger charge is 2.27. The van der Waals surface area contributed by atoms with E-state index in [0.29, 0.717) is 34.6 Å². The number of amides is 1. The lowest BCUT2D eigenvalue weighted by Crippen LogP contribution is -2.45. The molecule has 0 saturated carbocycles. The van der Waals surface area contributed by atoms with Gasteiger partial charge in [-0.2, -0.15) is 0 Å². The second-order valence-electron chi connectivity index (χ2n) is 9.00. The number of carbonyl (C=O) groups excluding carboxylic acids is 2. The molecule has 0 aliphatic heterocycles. The first kappa shape index (κ1) is 26.5. The zero-order valence-corrected chi connectivity index (χ0v) is 22.0. The van der Waals surface area contributed by atoms with Gasteiger partial charge in [0.05, 0.1) is 28.8 Å². The summed E-state index contributed by atoms with van der Waals surface area (Å²) in [5.74, 6) is -0.503. The van der Waals surface area contributed by atoms with Crippen LogP contribution in [0.4, 0.5) is 0 Å². The second kappa shape index (κ2) is 11.5. The Balaban J connectivity index is 2.05. The van der Waals surface area contributed by atoms with Crippen LogP contribution in [-0.2, 0) is 22.5 Å². The van der Waals surface area contributed by atoms with E-state index in [-0.39, 0.29) is 23.6 Å². The first-order valence-corrected chi connectivity index (χ1v) is 12.7. The lowest BCUT2D eigenvalue weighted by atomic mass is 10.1. The number of hydrogen-bond donors (Lipinski definition) is 0. The lowest BCUT2D eigenvalue weighted by molar-refractivity contribution is -0.133. The molecule has 1 heterocycles. The van der Waals surface area contributed by atoms with Gasteiger partial charge in [0, 0.05) is 18.6 Å². The summed E-state index contributed by atoms with van der Waals surface area (Å²) in [5, 5.41) is 0.421. The Morgan fingerprint density at radius 1 is 1.03 bits per heavy atom. The van der Waals surface area contributed by atoms with Crippen LogP contribution in [0, 0.1) is 0 Å². The molecular formula is C27H33N3O4S. The van der Waals surface area contributed by atoms with Crippen LogP contribution in [0.3, 0.4) is 0 Å². The van der Waals surface area contributed by atoms with Crippen LogP contribution in [0.15, 0.2) is 58.5 Å². The Labute approximate surface area is 210 Å². The summed E-state index contributed by atoms with van der Waals surface area (Å²) in [6.07, 6.45) is 0.647. The molecule has 1 aromatic heterocycles. The summed E-state index contributed by atoms with van der Waals surface area (Å²) < 4.78 is 6.45. The normalized spacial score (nSPS) is 12.2. The minimum Gasteiger partial charge on any atom is -0.465 e. The summed E-state index contributed by atoms with van der Waals surface area (Å²) in [5.41, 5.74) is 1.63. The summed E-state index contributed by atoms with van der Waals surface area (Å²) in [6.45, 7) is 10.2. The number of thioether (sulfide) groups is 1. The highest BCUT2D eigenvalue weighted by atomic mass is 32.2. The van der Waals surface area contributed by atoms with Crippen LogP contribution in [-0.4, -0.2) is 50.8 Å². The van der Waals surface area contributed by atoms with Gasteiger partial charge in [-0.15, -0.1) is 0 Å². The number of benzene rings is 2. The fourth-order valence-electron chi connectivity index (χ4n) is 4.14. The molecule has 3 aromatic rings. The topological polar surface area (TPSA) is 81.5 Å². The maximum absolute atomic E-state index is 13.5. The third-order valence-electron chi connectivity index (χ3n) is 5.81. The number of rotatable bonds is 9. The largest absolute Gasteiger partial charge is 0.465 e. The third kappa shape index (κ3) is 6.11. The van der Waals surface area contributed by atoms with E-state index in [2.05, 4.69) is 0 Å². The number of aromatic nitrogens is 2. The molecular weight excluding hydrogens is 462 g/mol. The number of fused-ring (bicyclic) bond motifs is 1. The Morgan fingerprint density at radius 3 is 2.29 bits per heavy atom. The molecule has 186 valence electrons. The lowest BCUT2D eigenvalue weighted by Gasteiger charge is -2.33. The van der Waals surface area contributed by atoms with Crippen LogP contribution in [0.5, 0.6) is 0 Å². The molecule has 0 aliphatic carbocycles. The SMILES string of the molecule is COC(=O)c1ccc2c(=O)n(CCc3ccccc3)c(SC(C)C(=O)N(C(C)C)C(C)C)nc2c1. The van der Waals surface area contributed by atoms with Gasteiger partial charge in [-0.1, -0.05) is 42.1 Å². The number of hydrogen-bond acceptors (Lipinski definition) is 6. The molecule has 1 amide bonds. The fourth-order valence-corrected chi connectivity index (χ4v) is 5.13. The standard InChI is InChI=1S/C27H33N3O4S/c1-17(2)30(18(3)4)24(31)19(5)35-27-28-23-16-21(26(33)34-6)12-13-22(23)25(32)29(27)15-14-20-10-8-7-9-11-20/h7-13,16-19H,14-15H2,1-6H3. The number of esters is 1. The summed E-state index contributed by atoms with van der Waals surface area (Å²) in [6, 6.07) is 14.8. The first-order valence-electron chi connectivity index (χ1n) is 11.8. The molecule has 8 heteroatoms. The van der Waals surface area contributed by atoms with E-state index in [9.17, 15) is 14.4 Å². The number of nitrogens with zero attached hydrogens (tertiary/aromatic N) is 3. The van der Waals surface area contributed by atoms with E-state index in [1.807, 2.05) is 69.9 Å². The van der Waals surface area contributed by atoms with Crippen molar-refractivity contribution in [3.8, 4) is 0 Å². The van der Waals surface area contributed by atoms with E-state index in [1.165, 1.54) is 18.9 Å². The maximum atomic E-state index is 13.5. The minimum atomic E-state index is -0.496. The molecule has 3 rings (SSSR count). The Bertz CT molecular complexity index is 1250. The van der Waals surface area contributed by atoms with Crippen molar-refractivity contribution in [1.29, 1.82) is 0 Å². The predicted octanol–water partition coefficient (Wildman–Crippen LogP) is 4.55. The predicted molar refractivity (Wildman–Crippen MR) is 140 cm³/mol. The summed E-state index contributed by atoms with van der Waals surface area (Å²) in [4.78, 5) is 45.4. The van der Waals surface area contributed by atoms with Gasteiger partial charge in [-0.3, -0.25) is 14.2 Å². The molecule has 1 atom stereocenters. The zero-order valence-electron chi connectivity index (χ0n) is 21.1. The summed E-state index contributed by atoms with van der Waals surface area (Å²) >= 11 is 1.27. The molecule has 0 saturated heterocycles. The van der Waals surface area contributed by atoms with Crippen LogP contribution < -0.4 is 5.56 Å². The van der Waals surface area contributed by atoms with Crippen molar-refractivity contribution in [1.82, 2.24) is 14.5 Å². The van der Waals surface area contributed by atoms with Crippen molar-refractivity contribution < 1.29 is 14.3 Å². The molecule has 0 N–H and O–H groups in total. The molecule has 0 fully saturated rings. The van der Waals surface area contributed by atoms with Gasteiger partial charge in [-0.05, 0) is 64.8 Å². The Hall–Kier alpha value is -3.13. The van der Waals surface area contributed by atoms with Gasteiger partial charge >= 0.3 is 5.97 Å². The average molecular weight is 496 g/mol. The van der Waals surface area contributed by atoms with Gasteiger partial charge in [-0.25, -0.2) is 9.78 Å². The maximum Gasteiger partial charge on any atom is 0.337 e. The molecule has 0 spiro atoms. The molecule has 1 unspecified atom stereocenters. The number of aryl methyl sites for hydroxylation is 1. The van der Waals surface area contributed by atoms with E-state index < -0.39 is 11.2 Å². The zero-order chi connectivity index (χ0) is 25.7. The van der Waals surface area contributed by atoms with Gasteiger partial charge in [0.15, 0.2) is 5.16 Å². The van der Waals surface area contributed by atoms with Gasteiger partial charge in [0.25, 0.3) is 5.56 Å². The van der Waals surface area contributed by atoms with Crippen molar-refractivity contribution in [2.75, 3.05) is 7.11 Å². The average Bonchev–Trinajstić information content (AvgIpc) is 2.83. The monoisotopic (exact) mass is 495 g/mol. The van der Waals surface area contributed by atoms with E-state index in [0.717, 1.165) is 5.56 Å². The van der Waals surface area contributed by atoms with Crippen molar-refractivity contribution in [3.05, 3.63) is 70.0 Å². The van der Waals surface area contributed by atoms with Crippen molar-refractivity contribution in [2.45, 2.75) is 70.1 Å². The smallest absolute Gasteiger partial charge is 0.337 e. The Kier molecular flexibility index (Phi) is 8.72. The summed E-state index contributed by atoms with van der Waals surface area (Å²) in [7, 11) is 1.31. The van der Waals surface area contributed by atoms with Crippen LogP contribution in [0.1, 0.15) is 50.5 Å². The minimum absolute atomic E-state index is 0.00716. The van der Waals surface area contributed by atoms with Gasteiger partial charge < -0.3 is 9.64 Å². The van der Waals surface area contributed by atoms with E-state index >= 15 is 0 Å². The van der Waals surface area contributed by atoms with Crippen molar-refractivity contribution >= 4 is 34.5 Å². The highest BCUT2D eigenvalue weighted by Crippen LogP contribution is 2.26. The van der Waals surface area contributed by atoms with Crippen LogP contribution in [0.25, 0.3) is 10.9 Å². The first-order chi connectivity index (χ1) is 16.6. The molecule has 0 bridgehead atoms. The van der Waals surface area contributed by atoms with E-state index in [1.54, 1.807) is 22.8 Å². The van der Waals surface area contributed by atoms with E-state index in [4.69, 9.17) is 9.72 Å². The van der Waals surface area contributed by atoms with Crippen molar-refractivity contribution in [3.63, 3.8) is 0 Å². The number of ether oxygens (including phenoxy) is 1. The van der Waals surface area contributed by atoms with Crippen LogP contribution >= 0.6 is 11.8 Å². The van der Waals surface area contributed by atoms with Gasteiger partial charge in [0.2, 0.25) is 5.91 Å².